The molecule has 0 saturated carbocycles. The van der Waals surface area contributed by atoms with E-state index in [1.165, 1.54) is 0 Å². The number of alkyl halides is 4. The van der Waals surface area contributed by atoms with Gasteiger partial charge >= 0.3 is 0 Å². The Morgan fingerprint density at radius 2 is 1.86 bits per heavy atom. The van der Waals surface area contributed by atoms with Crippen molar-refractivity contribution >= 4 is 46.4 Å². The van der Waals surface area contributed by atoms with Gasteiger partial charge in [0.05, 0.1) is 0 Å². The van der Waals surface area contributed by atoms with E-state index in [9.17, 15) is 0 Å². The molecule has 0 radical (unpaired) electrons. The van der Waals surface area contributed by atoms with Gasteiger partial charge in [-0.05, 0) is 19.3 Å². The molecule has 0 spiro atoms. The average molecular weight is 316 g/mol. The summed E-state index contributed by atoms with van der Waals surface area (Å²) < 4.78 is 4.05. The van der Waals surface area contributed by atoms with Gasteiger partial charge < -0.3 is 4.74 Å². The third-order valence-electron chi connectivity index (χ3n) is 1.45. The molecule has 1 unspecified atom stereocenters. The van der Waals surface area contributed by atoms with Crippen molar-refractivity contribution in [3.8, 4) is 0 Å². The molecular formula is C8H14Cl4OTi. The molecule has 14 heavy (non-hydrogen) atoms. The maximum atomic E-state index is 5.82. The monoisotopic (exact) mass is 314 g/mol. The minimum atomic E-state index is -1.22. The number of unbranched alkanes of at least 4 members (excludes halogenated alkanes) is 1. The van der Waals surface area contributed by atoms with Crippen molar-refractivity contribution in [2.75, 3.05) is 6.61 Å². The van der Waals surface area contributed by atoms with Crippen LogP contribution in [0.3, 0.4) is 0 Å². The quantitative estimate of drug-likeness (QED) is 0.398. The summed E-state index contributed by atoms with van der Waals surface area (Å²) in [5, 5.41) is 0. The fourth-order valence-corrected chi connectivity index (χ4v) is 1.24. The van der Waals surface area contributed by atoms with Gasteiger partial charge in [-0.25, -0.2) is 0 Å². The van der Waals surface area contributed by atoms with E-state index in [1.54, 1.807) is 0 Å². The Bertz CT molecular complexity index is 129. The van der Waals surface area contributed by atoms with E-state index in [0.29, 0.717) is 19.4 Å². The molecule has 0 aliphatic rings. The van der Waals surface area contributed by atoms with Gasteiger partial charge in [-0.2, -0.15) is 0 Å². The van der Waals surface area contributed by atoms with Gasteiger partial charge in [0.2, 0.25) is 0 Å². The number of hydrogen-bond donors (Lipinski definition) is 0. The summed E-state index contributed by atoms with van der Waals surface area (Å²) in [5.74, 6) is 0. The zero-order valence-electron chi connectivity index (χ0n) is 8.03. The van der Waals surface area contributed by atoms with E-state index in [1.807, 2.05) is 0 Å². The third kappa shape index (κ3) is 13.8. The molecule has 0 aliphatic carbocycles. The van der Waals surface area contributed by atoms with Crippen LogP contribution in [0.5, 0.6) is 0 Å². The molecule has 0 saturated heterocycles. The molecule has 0 amide bonds. The van der Waals surface area contributed by atoms with Gasteiger partial charge in [0.25, 0.3) is 0 Å². The second kappa shape index (κ2) is 10.0. The van der Waals surface area contributed by atoms with E-state index in [2.05, 4.69) is 6.92 Å². The minimum absolute atomic E-state index is 0. The van der Waals surface area contributed by atoms with E-state index in [4.69, 9.17) is 51.1 Å². The Balaban J connectivity index is 0. The first-order chi connectivity index (χ1) is 5.95. The van der Waals surface area contributed by atoms with E-state index in [0.717, 1.165) is 12.8 Å². The predicted octanol–water partition coefficient (Wildman–Crippen LogP) is 4.52. The average Bonchev–Trinajstić information content (AvgIpc) is 2.00. The van der Waals surface area contributed by atoms with Gasteiger partial charge in [-0.3, -0.25) is 0 Å². The van der Waals surface area contributed by atoms with Gasteiger partial charge in [0, 0.05) is 28.3 Å². The van der Waals surface area contributed by atoms with E-state index >= 15 is 0 Å². The maximum absolute atomic E-state index is 5.82. The van der Waals surface area contributed by atoms with Crippen LogP contribution in [0.1, 0.15) is 32.6 Å². The van der Waals surface area contributed by atoms with Gasteiger partial charge in [-0.1, -0.05) is 59.7 Å². The Morgan fingerprint density at radius 1 is 1.29 bits per heavy atom. The van der Waals surface area contributed by atoms with Crippen molar-refractivity contribution in [1.82, 2.24) is 0 Å². The fraction of sp³-hybridized carbons (Fsp3) is 1.00. The summed E-state index contributed by atoms with van der Waals surface area (Å²) in [4.78, 5) is 0. The Hall–Kier alpha value is 1.83. The molecule has 0 heterocycles. The topological polar surface area (TPSA) is 9.23 Å². The molecule has 0 rings (SSSR count). The summed E-state index contributed by atoms with van der Waals surface area (Å²) in [5.41, 5.74) is -0.345. The van der Waals surface area contributed by atoms with Crippen LogP contribution in [0, 0.1) is 0 Å². The zero-order chi connectivity index (χ0) is 10.3. The first kappa shape index (κ1) is 18.2. The first-order valence-electron chi connectivity index (χ1n) is 4.28. The summed E-state index contributed by atoms with van der Waals surface area (Å²) in [6.07, 6.45) is 3.07. The van der Waals surface area contributed by atoms with Crippen molar-refractivity contribution in [2.45, 2.75) is 42.0 Å². The predicted molar refractivity (Wildman–Crippen MR) is 60.0 cm³/mol. The SMILES string of the molecule is CCCCOC(Cl)CCC(Cl)(Cl)Cl.[Ti]. The molecule has 0 aromatic rings. The molecule has 0 bridgehead atoms. The van der Waals surface area contributed by atoms with Crippen molar-refractivity contribution in [2.24, 2.45) is 0 Å². The van der Waals surface area contributed by atoms with Crippen molar-refractivity contribution in [3.05, 3.63) is 0 Å². The number of rotatable bonds is 6. The molecule has 0 fully saturated rings. The third-order valence-corrected chi connectivity index (χ3v) is 2.36. The largest absolute Gasteiger partial charge is 0.362 e. The smallest absolute Gasteiger partial charge is 0.190 e. The molecule has 0 aliphatic heterocycles. The van der Waals surface area contributed by atoms with E-state index in [-0.39, 0.29) is 27.3 Å². The Labute approximate surface area is 121 Å². The molecule has 84 valence electrons. The van der Waals surface area contributed by atoms with Gasteiger partial charge in [0.15, 0.2) is 3.79 Å². The Morgan fingerprint density at radius 3 is 2.29 bits per heavy atom. The molecule has 1 atom stereocenters. The standard InChI is InChI=1S/C8H14Cl4O.Ti/c1-2-3-6-13-7(9)4-5-8(10,11)12;/h7H,2-6H2,1H3;. The first-order valence-corrected chi connectivity index (χ1v) is 5.85. The number of halogens is 4. The fourth-order valence-electron chi connectivity index (χ4n) is 0.716. The van der Waals surface area contributed by atoms with Crippen LogP contribution in [0.25, 0.3) is 0 Å². The van der Waals surface area contributed by atoms with Crippen LogP contribution in [0.2, 0.25) is 0 Å². The molecule has 6 heteroatoms. The molecular weight excluding hydrogens is 302 g/mol. The Kier molecular flexibility index (Phi) is 13.0. The normalized spacial score (nSPS) is 13.5. The summed E-state index contributed by atoms with van der Waals surface area (Å²) in [7, 11) is 0. The zero-order valence-corrected chi connectivity index (χ0v) is 12.6. The van der Waals surface area contributed by atoms with E-state index < -0.39 is 3.79 Å². The van der Waals surface area contributed by atoms with Crippen LogP contribution in [0.4, 0.5) is 0 Å². The summed E-state index contributed by atoms with van der Waals surface area (Å²) in [6.45, 7) is 2.76. The van der Waals surface area contributed by atoms with Crippen LogP contribution < -0.4 is 0 Å². The van der Waals surface area contributed by atoms with Gasteiger partial charge in [-0.15, -0.1) is 0 Å². The van der Waals surface area contributed by atoms with Gasteiger partial charge in [0.1, 0.15) is 5.56 Å². The van der Waals surface area contributed by atoms with Crippen molar-refractivity contribution in [1.29, 1.82) is 0 Å². The number of hydrogen-bond acceptors (Lipinski definition) is 1. The maximum Gasteiger partial charge on any atom is 0.190 e. The molecule has 0 aromatic carbocycles. The second-order valence-corrected chi connectivity index (χ2v) is 5.79. The molecule has 0 N–H and O–H groups in total. The summed E-state index contributed by atoms with van der Waals surface area (Å²) >= 11 is 22.5. The number of ether oxygens (including phenoxy) is 1. The summed E-state index contributed by atoms with van der Waals surface area (Å²) in [6, 6.07) is 0. The van der Waals surface area contributed by atoms with Crippen LogP contribution in [-0.4, -0.2) is 16.0 Å². The molecule has 0 aromatic heterocycles. The van der Waals surface area contributed by atoms with Crippen LogP contribution in [0.15, 0.2) is 0 Å². The molecule has 1 nitrogen and oxygen atoms in total. The second-order valence-electron chi connectivity index (χ2n) is 2.79. The van der Waals surface area contributed by atoms with Crippen molar-refractivity contribution < 1.29 is 26.5 Å². The van der Waals surface area contributed by atoms with Crippen LogP contribution >= 0.6 is 46.4 Å². The van der Waals surface area contributed by atoms with Crippen molar-refractivity contribution in [3.63, 3.8) is 0 Å². The minimum Gasteiger partial charge on any atom is -0.362 e. The van der Waals surface area contributed by atoms with Crippen LogP contribution in [-0.2, 0) is 26.5 Å².